The van der Waals surface area contributed by atoms with Crippen molar-refractivity contribution in [2.75, 3.05) is 6.61 Å². The molecule has 1 heterocycles. The number of amidine groups is 1. The predicted octanol–water partition coefficient (Wildman–Crippen LogP) is -0.304. The van der Waals surface area contributed by atoms with Crippen LogP contribution in [0.2, 0.25) is 0 Å². The summed E-state index contributed by atoms with van der Waals surface area (Å²) in [5, 5.41) is 7.00. The quantitative estimate of drug-likeness (QED) is 0.255. The molecule has 1 aliphatic rings. The highest BCUT2D eigenvalue weighted by atomic mass is 32.2. The fraction of sp³-hybridized carbons (Fsp3) is 0.667. The lowest BCUT2D eigenvalue weighted by molar-refractivity contribution is -0.237. The summed E-state index contributed by atoms with van der Waals surface area (Å²) < 4.78 is 54.3. The van der Waals surface area contributed by atoms with E-state index >= 15 is 0 Å². The maximum atomic E-state index is 11.8. The third kappa shape index (κ3) is 7.43. The number of ether oxygens (including phenoxy) is 5. The number of esters is 4. The van der Waals surface area contributed by atoms with Crippen LogP contribution in [0.1, 0.15) is 33.1 Å². The van der Waals surface area contributed by atoms with Crippen molar-refractivity contribution in [1.29, 1.82) is 5.41 Å². The summed E-state index contributed by atoms with van der Waals surface area (Å²) in [6, 6.07) is 0. The molecule has 0 spiro atoms. The number of nitrogens with one attached hydrogen (secondary N) is 1. The molecule has 1 rings (SSSR count). The molecule has 12 heteroatoms. The molecule has 1 saturated heterocycles. The van der Waals surface area contributed by atoms with Gasteiger partial charge in [0.1, 0.15) is 12.7 Å². The zero-order chi connectivity index (χ0) is 23.6. The first-order chi connectivity index (χ1) is 14.7. The lowest BCUT2D eigenvalue weighted by atomic mass is 9.99. The highest BCUT2D eigenvalue weighted by Crippen LogP contribution is 2.34. The maximum Gasteiger partial charge on any atom is 0.303 e. The van der Waals surface area contributed by atoms with E-state index in [-0.39, 0.29) is 0 Å². The van der Waals surface area contributed by atoms with E-state index in [1.165, 1.54) is 0 Å². The molecule has 152 valence electrons. The fourth-order valence-corrected chi connectivity index (χ4v) is 3.06. The molecule has 0 aromatic heterocycles. The number of hydrogen-bond acceptors (Lipinski definition) is 11. The number of hydrogen-bond donors (Lipinski definition) is 2. The number of rotatable bonds is 6. The largest absolute Gasteiger partial charge is 0.463 e. The van der Waals surface area contributed by atoms with Crippen LogP contribution < -0.4 is 5.73 Å². The van der Waals surface area contributed by atoms with Crippen LogP contribution in [0, 0.1) is 5.41 Å². The number of thioether (sulfide) groups is 1. The van der Waals surface area contributed by atoms with E-state index in [4.69, 9.17) is 40.3 Å². The molecule has 5 atom stereocenters. The third-order valence-corrected chi connectivity index (χ3v) is 3.91. The standard InChI is InChI=1S/C15H22N2O9S/c1-6(18)22-5-10-11(23-7(2)19)12(24-8(3)20)13(25-9(4)21)14(26-10)27-15(16)17/h10-14H,5H2,1-4H3,(H3,16,17)/t10-,11-,12+,13-,14?/m1/s1/i1D,2D,3D,4D. The zero-order valence-corrected chi connectivity index (χ0v) is 14.9. The van der Waals surface area contributed by atoms with Crippen LogP contribution in [0.25, 0.3) is 0 Å². The van der Waals surface area contributed by atoms with Crippen molar-refractivity contribution < 1.29 is 48.3 Å². The lowest BCUT2D eigenvalue weighted by Crippen LogP contribution is -2.61. The molecule has 0 radical (unpaired) electrons. The minimum atomic E-state index is -1.59. The number of carbonyl (C=O) groups is 4. The van der Waals surface area contributed by atoms with Crippen molar-refractivity contribution in [3.8, 4) is 0 Å². The molecule has 1 unspecified atom stereocenters. The van der Waals surface area contributed by atoms with E-state index in [2.05, 4.69) is 0 Å². The van der Waals surface area contributed by atoms with Gasteiger partial charge in [-0.25, -0.2) is 0 Å². The molecule has 1 fully saturated rings. The summed E-state index contributed by atoms with van der Waals surface area (Å²) in [4.78, 5) is 46.8. The lowest BCUT2D eigenvalue weighted by Gasteiger charge is -2.43. The van der Waals surface area contributed by atoms with Crippen LogP contribution in [0.4, 0.5) is 0 Å². The van der Waals surface area contributed by atoms with Crippen LogP contribution in [0.5, 0.6) is 0 Å². The van der Waals surface area contributed by atoms with Crippen molar-refractivity contribution in [2.24, 2.45) is 5.73 Å². The molecule has 3 N–H and O–H groups in total. The van der Waals surface area contributed by atoms with Gasteiger partial charge >= 0.3 is 23.9 Å². The van der Waals surface area contributed by atoms with Crippen molar-refractivity contribution in [3.63, 3.8) is 0 Å². The van der Waals surface area contributed by atoms with Gasteiger partial charge in [0, 0.05) is 33.1 Å². The molecule has 0 bridgehead atoms. The van der Waals surface area contributed by atoms with Gasteiger partial charge in [-0.3, -0.25) is 24.6 Å². The van der Waals surface area contributed by atoms with E-state index in [0.717, 1.165) is 0 Å². The van der Waals surface area contributed by atoms with Crippen LogP contribution >= 0.6 is 11.8 Å². The normalized spacial score (nSPS) is 29.1. The Morgan fingerprint density at radius 1 is 0.963 bits per heavy atom. The molecule has 0 aromatic carbocycles. The van der Waals surface area contributed by atoms with Gasteiger partial charge in [0.25, 0.3) is 0 Å². The average molecular weight is 410 g/mol. The average Bonchev–Trinajstić information content (AvgIpc) is 2.74. The topological polar surface area (TPSA) is 164 Å². The van der Waals surface area contributed by atoms with Crippen LogP contribution in [0.3, 0.4) is 0 Å². The van der Waals surface area contributed by atoms with Gasteiger partial charge < -0.3 is 29.4 Å². The van der Waals surface area contributed by atoms with Crippen LogP contribution in [-0.4, -0.2) is 65.5 Å². The smallest absolute Gasteiger partial charge is 0.303 e. The second-order valence-electron chi connectivity index (χ2n) is 5.07. The van der Waals surface area contributed by atoms with E-state index in [1.54, 1.807) is 0 Å². The molecule has 0 amide bonds. The van der Waals surface area contributed by atoms with Gasteiger partial charge in [0.15, 0.2) is 28.9 Å². The Kier molecular flexibility index (Phi) is 6.29. The Bertz CT molecular complexity index is 687. The highest BCUT2D eigenvalue weighted by molar-refractivity contribution is 8.14. The predicted molar refractivity (Wildman–Crippen MR) is 91.5 cm³/mol. The Labute approximate surface area is 165 Å². The molecule has 11 nitrogen and oxygen atoms in total. The maximum absolute atomic E-state index is 11.8. The molecular formula is C15H22N2O9S. The third-order valence-electron chi connectivity index (χ3n) is 3.05. The Morgan fingerprint density at radius 2 is 1.48 bits per heavy atom. The van der Waals surface area contributed by atoms with E-state index in [0.29, 0.717) is 11.8 Å². The summed E-state index contributed by atoms with van der Waals surface area (Å²) >= 11 is 0.552. The van der Waals surface area contributed by atoms with Crippen LogP contribution in [-0.2, 0) is 42.9 Å². The molecule has 27 heavy (non-hydrogen) atoms. The zero-order valence-electron chi connectivity index (χ0n) is 18.1. The molecule has 0 aliphatic carbocycles. The summed E-state index contributed by atoms with van der Waals surface area (Å²) in [7, 11) is 0. The van der Waals surface area contributed by atoms with E-state index in [1.807, 2.05) is 0 Å². The van der Waals surface area contributed by atoms with Gasteiger partial charge in [0.05, 0.1) is 0 Å². The van der Waals surface area contributed by atoms with Crippen molar-refractivity contribution >= 4 is 40.8 Å². The summed E-state index contributed by atoms with van der Waals surface area (Å²) in [5.74, 6) is -4.15. The van der Waals surface area contributed by atoms with Crippen LogP contribution in [0.15, 0.2) is 0 Å². The number of carbonyl (C=O) groups excluding carboxylic acids is 4. The first kappa shape index (κ1) is 16.8. The highest BCUT2D eigenvalue weighted by Gasteiger charge is 2.52. The first-order valence-electron chi connectivity index (χ1n) is 10.1. The second kappa shape index (κ2) is 10.1. The van der Waals surface area contributed by atoms with Gasteiger partial charge in [-0.1, -0.05) is 11.8 Å². The first-order valence-corrected chi connectivity index (χ1v) is 8.11. The van der Waals surface area contributed by atoms with Gasteiger partial charge in [-0.15, -0.1) is 0 Å². The summed E-state index contributed by atoms with van der Waals surface area (Å²) in [6.45, 7) is -3.75. The van der Waals surface area contributed by atoms with Gasteiger partial charge in [-0.05, 0) is 0 Å². The SMILES string of the molecule is [2H]CC(=O)OC[C@H]1OC(SC(=N)N)[C@H](OC(=O)C[2H])[C@@H](OC(=O)C[2H])[C@@H]1OC(=O)C[2H]. The van der Waals surface area contributed by atoms with Gasteiger partial charge in [0.2, 0.25) is 0 Å². The Balaban J connectivity index is 3.37. The molecule has 0 aromatic rings. The minimum Gasteiger partial charge on any atom is -0.463 e. The summed E-state index contributed by atoms with van der Waals surface area (Å²) in [6.07, 6.45) is -5.97. The molecule has 1 aliphatic heterocycles. The fourth-order valence-electron chi connectivity index (χ4n) is 2.26. The van der Waals surface area contributed by atoms with Crippen molar-refractivity contribution in [2.45, 2.75) is 57.5 Å². The Hall–Kier alpha value is -2.34. The minimum absolute atomic E-state index is 0.481. The van der Waals surface area contributed by atoms with E-state index in [9.17, 15) is 19.2 Å². The van der Waals surface area contributed by atoms with E-state index < -0.39 is 93.1 Å². The van der Waals surface area contributed by atoms with Crippen molar-refractivity contribution in [1.82, 2.24) is 0 Å². The molecular weight excluding hydrogens is 384 g/mol. The number of nitrogens with two attached hydrogens (primary N) is 1. The monoisotopic (exact) mass is 410 g/mol. The Morgan fingerprint density at radius 3 is 2.00 bits per heavy atom. The summed E-state index contributed by atoms with van der Waals surface area (Å²) in [5.41, 5.74) is 4.07. The van der Waals surface area contributed by atoms with Gasteiger partial charge in [-0.2, -0.15) is 0 Å². The van der Waals surface area contributed by atoms with Crippen molar-refractivity contribution in [3.05, 3.63) is 0 Å². The molecule has 0 saturated carbocycles. The second-order valence-corrected chi connectivity index (χ2v) is 6.21.